The van der Waals surface area contributed by atoms with Gasteiger partial charge in [-0.2, -0.15) is 0 Å². The van der Waals surface area contributed by atoms with E-state index in [4.69, 9.17) is 17.3 Å². The molecule has 78 valence electrons. The Hall–Kier alpha value is -1.13. The van der Waals surface area contributed by atoms with Crippen LogP contribution in [0.2, 0.25) is 5.28 Å². The van der Waals surface area contributed by atoms with Crippen LogP contribution in [-0.4, -0.2) is 14.5 Å². The molecule has 15 heavy (non-hydrogen) atoms. The van der Waals surface area contributed by atoms with Gasteiger partial charge in [-0.25, -0.2) is 9.97 Å². The van der Waals surface area contributed by atoms with E-state index >= 15 is 0 Å². The van der Waals surface area contributed by atoms with Crippen LogP contribution in [0.1, 0.15) is 24.4 Å². The average Bonchev–Trinajstić information content (AvgIpc) is 3.00. The van der Waals surface area contributed by atoms with Crippen molar-refractivity contribution >= 4 is 22.8 Å². The second kappa shape index (κ2) is 3.18. The van der Waals surface area contributed by atoms with E-state index in [2.05, 4.69) is 9.97 Å². The Balaban J connectivity index is 2.31. The molecule has 1 saturated carbocycles. The standard InChI is InChI=1S/C10H11ClN4/c11-10-14-8-6(5-12)3-4-13-9(8)15(10)7-1-2-7/h3-4,7H,1-2,5,12H2. The van der Waals surface area contributed by atoms with Crippen molar-refractivity contribution in [1.29, 1.82) is 0 Å². The van der Waals surface area contributed by atoms with E-state index in [1.807, 2.05) is 10.6 Å². The molecule has 0 saturated heterocycles. The van der Waals surface area contributed by atoms with E-state index in [0.29, 0.717) is 17.9 Å². The summed E-state index contributed by atoms with van der Waals surface area (Å²) < 4.78 is 2.01. The lowest BCUT2D eigenvalue weighted by molar-refractivity contribution is 0.758. The molecular formula is C10H11ClN4. The first-order valence-electron chi connectivity index (χ1n) is 5.02. The molecule has 5 heteroatoms. The lowest BCUT2D eigenvalue weighted by Gasteiger charge is -2.01. The molecule has 4 nitrogen and oxygen atoms in total. The molecule has 0 radical (unpaired) electrons. The van der Waals surface area contributed by atoms with Crippen molar-refractivity contribution in [2.75, 3.05) is 0 Å². The molecule has 0 aromatic carbocycles. The summed E-state index contributed by atoms with van der Waals surface area (Å²) in [4.78, 5) is 8.66. The van der Waals surface area contributed by atoms with Crippen LogP contribution in [0.3, 0.4) is 0 Å². The zero-order chi connectivity index (χ0) is 10.4. The van der Waals surface area contributed by atoms with Crippen molar-refractivity contribution in [3.63, 3.8) is 0 Å². The van der Waals surface area contributed by atoms with Gasteiger partial charge in [0, 0.05) is 18.8 Å². The number of hydrogen-bond donors (Lipinski definition) is 1. The predicted octanol–water partition coefficient (Wildman–Crippen LogP) is 1.88. The SMILES string of the molecule is NCc1ccnc2c1nc(Cl)n2C1CC1. The minimum atomic E-state index is 0.469. The molecule has 2 aromatic rings. The Kier molecular flexibility index (Phi) is 1.94. The number of halogens is 1. The van der Waals surface area contributed by atoms with E-state index < -0.39 is 0 Å². The highest BCUT2D eigenvalue weighted by molar-refractivity contribution is 6.29. The van der Waals surface area contributed by atoms with Crippen molar-refractivity contribution in [2.24, 2.45) is 5.73 Å². The van der Waals surface area contributed by atoms with Gasteiger partial charge in [-0.1, -0.05) is 0 Å². The van der Waals surface area contributed by atoms with Crippen LogP contribution in [-0.2, 0) is 6.54 Å². The minimum absolute atomic E-state index is 0.469. The summed E-state index contributed by atoms with van der Waals surface area (Å²) in [5.41, 5.74) is 8.36. The minimum Gasteiger partial charge on any atom is -0.326 e. The molecule has 0 unspecified atom stereocenters. The van der Waals surface area contributed by atoms with Crippen LogP contribution in [0.5, 0.6) is 0 Å². The normalized spacial score (nSPS) is 16.1. The largest absolute Gasteiger partial charge is 0.326 e. The Morgan fingerprint density at radius 1 is 1.53 bits per heavy atom. The van der Waals surface area contributed by atoms with Crippen LogP contribution in [0.25, 0.3) is 11.2 Å². The van der Waals surface area contributed by atoms with Crippen LogP contribution in [0.15, 0.2) is 12.3 Å². The molecule has 1 aliphatic rings. The second-order valence-corrected chi connectivity index (χ2v) is 4.17. The smallest absolute Gasteiger partial charge is 0.205 e. The summed E-state index contributed by atoms with van der Waals surface area (Å²) in [6, 6.07) is 2.38. The Bertz CT molecular complexity index is 515. The van der Waals surface area contributed by atoms with Gasteiger partial charge in [0.25, 0.3) is 0 Å². The van der Waals surface area contributed by atoms with Crippen LogP contribution in [0.4, 0.5) is 0 Å². The first kappa shape index (κ1) is 9.12. The number of imidazole rings is 1. The number of fused-ring (bicyclic) bond motifs is 1. The Morgan fingerprint density at radius 3 is 3.00 bits per heavy atom. The lowest BCUT2D eigenvalue weighted by atomic mass is 10.2. The van der Waals surface area contributed by atoms with Crippen molar-refractivity contribution in [3.05, 3.63) is 23.1 Å². The molecule has 1 aliphatic carbocycles. The molecule has 2 N–H and O–H groups in total. The van der Waals surface area contributed by atoms with Gasteiger partial charge in [0.2, 0.25) is 5.28 Å². The molecule has 0 spiro atoms. The van der Waals surface area contributed by atoms with Crippen molar-refractivity contribution in [2.45, 2.75) is 25.4 Å². The molecule has 0 amide bonds. The fraction of sp³-hybridized carbons (Fsp3) is 0.400. The molecule has 0 atom stereocenters. The predicted molar refractivity (Wildman–Crippen MR) is 58.7 cm³/mol. The van der Waals surface area contributed by atoms with Gasteiger partial charge in [-0.05, 0) is 36.1 Å². The Labute approximate surface area is 92.1 Å². The maximum atomic E-state index is 6.10. The maximum absolute atomic E-state index is 6.10. The number of nitrogens with zero attached hydrogens (tertiary/aromatic N) is 3. The molecular weight excluding hydrogens is 212 g/mol. The molecule has 1 fully saturated rings. The van der Waals surface area contributed by atoms with Gasteiger partial charge in [0.05, 0.1) is 0 Å². The molecule has 2 aromatic heterocycles. The number of hydrogen-bond acceptors (Lipinski definition) is 3. The monoisotopic (exact) mass is 222 g/mol. The van der Waals surface area contributed by atoms with Gasteiger partial charge >= 0.3 is 0 Å². The van der Waals surface area contributed by atoms with Crippen LogP contribution >= 0.6 is 11.6 Å². The third-order valence-corrected chi connectivity index (χ3v) is 3.02. The number of aromatic nitrogens is 3. The van der Waals surface area contributed by atoms with E-state index in [9.17, 15) is 0 Å². The molecule has 3 rings (SSSR count). The summed E-state index contributed by atoms with van der Waals surface area (Å²) in [7, 11) is 0. The zero-order valence-electron chi connectivity index (χ0n) is 8.15. The molecule has 2 heterocycles. The number of pyridine rings is 1. The highest BCUT2D eigenvalue weighted by atomic mass is 35.5. The van der Waals surface area contributed by atoms with Gasteiger partial charge in [-0.15, -0.1) is 0 Å². The Morgan fingerprint density at radius 2 is 2.33 bits per heavy atom. The quantitative estimate of drug-likeness (QED) is 0.844. The average molecular weight is 223 g/mol. The highest BCUT2D eigenvalue weighted by Gasteiger charge is 2.28. The first-order chi connectivity index (χ1) is 7.31. The summed E-state index contributed by atoms with van der Waals surface area (Å²) in [5, 5.41) is 0.529. The van der Waals surface area contributed by atoms with Crippen LogP contribution in [0, 0.1) is 0 Å². The molecule has 0 aliphatic heterocycles. The zero-order valence-corrected chi connectivity index (χ0v) is 8.91. The summed E-state index contributed by atoms with van der Waals surface area (Å²) in [6.45, 7) is 0.469. The van der Waals surface area contributed by atoms with Gasteiger partial charge < -0.3 is 5.73 Å². The van der Waals surface area contributed by atoms with Gasteiger partial charge in [0.1, 0.15) is 5.52 Å². The second-order valence-electron chi connectivity index (χ2n) is 3.83. The fourth-order valence-corrected chi connectivity index (χ4v) is 2.14. The maximum Gasteiger partial charge on any atom is 0.205 e. The number of rotatable bonds is 2. The third-order valence-electron chi connectivity index (χ3n) is 2.75. The fourth-order valence-electron chi connectivity index (χ4n) is 1.83. The summed E-state index contributed by atoms with van der Waals surface area (Å²) in [6.07, 6.45) is 4.10. The van der Waals surface area contributed by atoms with Gasteiger partial charge in [-0.3, -0.25) is 4.57 Å². The summed E-state index contributed by atoms with van der Waals surface area (Å²) in [5.74, 6) is 0. The van der Waals surface area contributed by atoms with Crippen molar-refractivity contribution in [3.8, 4) is 0 Å². The van der Waals surface area contributed by atoms with Gasteiger partial charge in [0.15, 0.2) is 5.65 Å². The topological polar surface area (TPSA) is 56.7 Å². The highest BCUT2D eigenvalue weighted by Crippen LogP contribution is 2.39. The lowest BCUT2D eigenvalue weighted by Crippen LogP contribution is -1.99. The number of nitrogens with two attached hydrogens (primary N) is 1. The third kappa shape index (κ3) is 1.33. The van der Waals surface area contributed by atoms with E-state index in [1.165, 1.54) is 12.8 Å². The summed E-state index contributed by atoms with van der Waals surface area (Å²) >= 11 is 6.10. The first-order valence-corrected chi connectivity index (χ1v) is 5.40. The van der Waals surface area contributed by atoms with Crippen molar-refractivity contribution in [1.82, 2.24) is 14.5 Å². The van der Waals surface area contributed by atoms with Crippen LogP contribution < -0.4 is 5.73 Å². The molecule has 0 bridgehead atoms. The van der Waals surface area contributed by atoms with E-state index in [-0.39, 0.29) is 0 Å². The van der Waals surface area contributed by atoms with Crippen molar-refractivity contribution < 1.29 is 0 Å². The van der Waals surface area contributed by atoms with E-state index in [0.717, 1.165) is 16.7 Å². The van der Waals surface area contributed by atoms with E-state index in [1.54, 1.807) is 6.20 Å².